The van der Waals surface area contributed by atoms with E-state index >= 15 is 0 Å². The van der Waals surface area contributed by atoms with Crippen LogP contribution in [0.15, 0.2) is 18.2 Å². The van der Waals surface area contributed by atoms with Gasteiger partial charge in [-0.2, -0.15) is 0 Å². The summed E-state index contributed by atoms with van der Waals surface area (Å²) in [7, 11) is 0. The van der Waals surface area contributed by atoms with Crippen molar-refractivity contribution in [2.24, 2.45) is 5.73 Å². The van der Waals surface area contributed by atoms with Gasteiger partial charge in [-0.15, -0.1) is 0 Å². The molecule has 1 aromatic rings. The third-order valence-corrected chi connectivity index (χ3v) is 6.37. The van der Waals surface area contributed by atoms with Gasteiger partial charge in [0.05, 0.1) is 6.61 Å². The summed E-state index contributed by atoms with van der Waals surface area (Å²) in [6.07, 6.45) is 3.38. The van der Waals surface area contributed by atoms with Crippen LogP contribution in [0, 0.1) is 6.92 Å². The van der Waals surface area contributed by atoms with Crippen molar-refractivity contribution < 1.29 is 34.1 Å². The highest BCUT2D eigenvalue weighted by Crippen LogP contribution is 2.33. The minimum Gasteiger partial charge on any atom is -0.507 e. The molecule has 4 amide bonds. The van der Waals surface area contributed by atoms with E-state index in [1.54, 1.807) is 45.9 Å². The number of benzene rings is 1. The number of nitrogens with zero attached hydrogens (tertiary/aromatic N) is 1. The molecule has 6 N–H and O–H groups in total. The minimum absolute atomic E-state index is 0.0812. The minimum atomic E-state index is -1.30. The molecule has 2 atom stereocenters. The highest BCUT2D eigenvalue weighted by Gasteiger charge is 2.38. The van der Waals surface area contributed by atoms with Crippen LogP contribution in [0.2, 0.25) is 0 Å². The third-order valence-electron chi connectivity index (χ3n) is 6.37. The van der Waals surface area contributed by atoms with Gasteiger partial charge in [0.15, 0.2) is 0 Å². The molecule has 0 heterocycles. The molecule has 38 heavy (non-hydrogen) atoms. The Morgan fingerprint density at radius 2 is 1.82 bits per heavy atom. The lowest BCUT2D eigenvalue weighted by molar-refractivity contribution is -0.143. The summed E-state index contributed by atoms with van der Waals surface area (Å²) >= 11 is 0. The van der Waals surface area contributed by atoms with Crippen LogP contribution in [0.5, 0.6) is 5.75 Å². The van der Waals surface area contributed by atoms with E-state index in [9.17, 15) is 29.4 Å². The lowest BCUT2D eigenvalue weighted by atomic mass is 9.94. The highest BCUT2D eigenvalue weighted by molar-refractivity contribution is 5.93. The number of nitrogens with two attached hydrogens (primary N) is 1. The molecule has 0 spiro atoms. The predicted molar refractivity (Wildman–Crippen MR) is 141 cm³/mol. The average molecular weight is 535 g/mol. The first-order valence-electron chi connectivity index (χ1n) is 13.1. The largest absolute Gasteiger partial charge is 0.507 e. The number of aryl methyl sites for hydroxylation is 1. The summed E-state index contributed by atoms with van der Waals surface area (Å²) in [4.78, 5) is 52.8. The summed E-state index contributed by atoms with van der Waals surface area (Å²) in [5, 5.41) is 26.2. The number of phenolic OH excluding ortho intramolecular Hbond substituents is 1. The molecule has 1 fully saturated rings. The smallest absolute Gasteiger partial charge is 0.408 e. The number of hydrogen-bond acceptors (Lipinski definition) is 7. The molecule has 0 bridgehead atoms. The molecule has 1 saturated carbocycles. The number of amides is 4. The van der Waals surface area contributed by atoms with E-state index in [2.05, 4.69) is 10.6 Å². The number of carbonyl (C=O) groups excluding carboxylic acids is 4. The van der Waals surface area contributed by atoms with Gasteiger partial charge in [0, 0.05) is 24.6 Å². The molecule has 1 aromatic carbocycles. The maximum Gasteiger partial charge on any atom is 0.408 e. The number of para-hydroxylation sites is 1. The van der Waals surface area contributed by atoms with Crippen LogP contribution in [-0.2, 0) is 19.1 Å². The van der Waals surface area contributed by atoms with Gasteiger partial charge < -0.3 is 36.2 Å². The summed E-state index contributed by atoms with van der Waals surface area (Å²) in [6.45, 7) is 5.91. The Balaban J connectivity index is 2.48. The van der Waals surface area contributed by atoms with Crippen LogP contribution in [-0.4, -0.2) is 69.8 Å². The van der Waals surface area contributed by atoms with Gasteiger partial charge in [0.2, 0.25) is 17.7 Å². The number of alkyl carbamates (subject to hydrolysis) is 1. The number of phenols is 1. The molecule has 11 heteroatoms. The molecule has 0 saturated heterocycles. The molecule has 1 aliphatic carbocycles. The van der Waals surface area contributed by atoms with Crippen LogP contribution in [0.25, 0.3) is 0 Å². The van der Waals surface area contributed by atoms with Crippen molar-refractivity contribution in [1.29, 1.82) is 0 Å². The number of rotatable bonds is 11. The molecular formula is C27H42N4O7. The number of nitrogens with one attached hydrogen (secondary N) is 2. The second-order valence-electron chi connectivity index (χ2n) is 10.7. The highest BCUT2D eigenvalue weighted by atomic mass is 16.6. The Morgan fingerprint density at radius 3 is 2.39 bits per heavy atom. The lowest BCUT2D eigenvalue weighted by Gasteiger charge is -2.35. The Hall–Kier alpha value is -3.34. The second-order valence-corrected chi connectivity index (χ2v) is 10.7. The lowest BCUT2D eigenvalue weighted by Crippen LogP contribution is -2.54. The van der Waals surface area contributed by atoms with Crippen LogP contribution < -0.4 is 16.4 Å². The monoisotopic (exact) mass is 534 g/mol. The average Bonchev–Trinajstić information content (AvgIpc) is 2.83. The van der Waals surface area contributed by atoms with Crippen molar-refractivity contribution in [1.82, 2.24) is 15.5 Å². The van der Waals surface area contributed by atoms with Crippen LogP contribution in [0.3, 0.4) is 0 Å². The van der Waals surface area contributed by atoms with E-state index in [4.69, 9.17) is 10.5 Å². The maximum absolute atomic E-state index is 13.9. The molecule has 0 aliphatic heterocycles. The number of primary amides is 1. The maximum atomic E-state index is 13.9. The van der Waals surface area contributed by atoms with E-state index in [1.807, 2.05) is 0 Å². The second kappa shape index (κ2) is 14.0. The fourth-order valence-electron chi connectivity index (χ4n) is 4.55. The molecular weight excluding hydrogens is 492 g/mol. The standard InChI is InChI=1S/C27H42N4O7/c1-17-9-8-12-19(23(17)34)22(24(35)29-18-10-6-5-7-11-18)31(15-16-32)25(36)20(13-14-21(28)33)30-26(37)38-27(2,3)4/h8-9,12,18,20,22,32,34H,5-7,10-11,13-16H2,1-4H3,(H2,28,33)(H,29,35)(H,30,37). The summed E-state index contributed by atoms with van der Waals surface area (Å²) in [5.74, 6) is -2.06. The number of ether oxygens (including phenoxy) is 1. The van der Waals surface area contributed by atoms with Crippen molar-refractivity contribution in [3.8, 4) is 5.75 Å². The fraction of sp³-hybridized carbons (Fsp3) is 0.630. The topological polar surface area (TPSA) is 171 Å². The van der Waals surface area contributed by atoms with E-state index in [0.717, 1.165) is 37.0 Å². The number of aliphatic hydroxyl groups excluding tert-OH is 1. The first kappa shape index (κ1) is 30.9. The van der Waals surface area contributed by atoms with Gasteiger partial charge in [0.25, 0.3) is 0 Å². The van der Waals surface area contributed by atoms with Crippen molar-refractivity contribution >= 4 is 23.8 Å². The molecule has 0 aromatic heterocycles. The Morgan fingerprint density at radius 1 is 1.16 bits per heavy atom. The molecule has 2 rings (SSSR count). The van der Waals surface area contributed by atoms with Gasteiger partial charge in [0.1, 0.15) is 23.4 Å². The first-order valence-corrected chi connectivity index (χ1v) is 13.1. The van der Waals surface area contributed by atoms with Crippen molar-refractivity contribution in [3.05, 3.63) is 29.3 Å². The SMILES string of the molecule is Cc1cccc(C(C(=O)NC2CCCCC2)N(CCO)C(=O)C(CCC(N)=O)NC(=O)OC(C)(C)C)c1O. The molecule has 212 valence electrons. The first-order chi connectivity index (χ1) is 17.8. The Bertz CT molecular complexity index is 986. The van der Waals surface area contributed by atoms with Gasteiger partial charge in [-0.05, 0) is 52.5 Å². The van der Waals surface area contributed by atoms with Crippen molar-refractivity contribution in [3.63, 3.8) is 0 Å². The summed E-state index contributed by atoms with van der Waals surface area (Å²) in [6, 6.07) is 2.23. The summed E-state index contributed by atoms with van der Waals surface area (Å²) in [5.41, 5.74) is 5.15. The number of aliphatic hydroxyl groups is 1. The zero-order valence-electron chi connectivity index (χ0n) is 22.8. The Kier molecular flexibility index (Phi) is 11.4. The normalized spacial score (nSPS) is 15.7. The van der Waals surface area contributed by atoms with Crippen LogP contribution in [0.1, 0.15) is 82.9 Å². The number of hydrogen-bond donors (Lipinski definition) is 5. The van der Waals surface area contributed by atoms with Gasteiger partial charge in [-0.1, -0.05) is 37.5 Å². The molecule has 0 radical (unpaired) electrons. The quantitative estimate of drug-likeness (QED) is 0.289. The van der Waals surface area contributed by atoms with E-state index in [0.29, 0.717) is 5.56 Å². The summed E-state index contributed by atoms with van der Waals surface area (Å²) < 4.78 is 5.29. The fourth-order valence-corrected chi connectivity index (χ4v) is 4.55. The zero-order valence-corrected chi connectivity index (χ0v) is 22.8. The van der Waals surface area contributed by atoms with E-state index in [1.165, 1.54) is 0 Å². The van der Waals surface area contributed by atoms with Gasteiger partial charge in [-0.3, -0.25) is 14.4 Å². The Labute approximate surface area is 224 Å². The van der Waals surface area contributed by atoms with Crippen molar-refractivity contribution in [2.45, 2.75) is 96.4 Å². The third kappa shape index (κ3) is 9.20. The molecule has 11 nitrogen and oxygen atoms in total. The number of aromatic hydroxyl groups is 1. The van der Waals surface area contributed by atoms with Gasteiger partial charge >= 0.3 is 6.09 Å². The van der Waals surface area contributed by atoms with E-state index < -0.39 is 48.1 Å². The van der Waals surface area contributed by atoms with Crippen molar-refractivity contribution in [2.75, 3.05) is 13.2 Å². The predicted octanol–water partition coefficient (Wildman–Crippen LogP) is 2.17. The number of carbonyl (C=O) groups is 4. The molecule has 2 unspecified atom stereocenters. The van der Waals surface area contributed by atoms with Crippen LogP contribution in [0.4, 0.5) is 4.79 Å². The van der Waals surface area contributed by atoms with E-state index in [-0.39, 0.29) is 36.7 Å². The van der Waals surface area contributed by atoms with Gasteiger partial charge in [-0.25, -0.2) is 4.79 Å². The molecule has 1 aliphatic rings. The van der Waals surface area contributed by atoms with Crippen LogP contribution >= 0.6 is 0 Å². The zero-order chi connectivity index (χ0) is 28.5.